The molecule has 0 radical (unpaired) electrons. The second kappa shape index (κ2) is 7.78. The number of nitrogen functional groups attached to an aromatic ring is 1. The van der Waals surface area contributed by atoms with Gasteiger partial charge in [-0.3, -0.25) is 13.9 Å². The average molecular weight is 418 g/mol. The van der Waals surface area contributed by atoms with Crippen molar-refractivity contribution < 1.29 is 0 Å². The molecule has 28 heavy (non-hydrogen) atoms. The molecule has 0 atom stereocenters. The van der Waals surface area contributed by atoms with E-state index >= 15 is 0 Å². The number of aromatic nitrogens is 6. The molecule has 4 heterocycles. The van der Waals surface area contributed by atoms with Crippen LogP contribution in [0.5, 0.6) is 0 Å². The molecule has 1 aliphatic rings. The predicted molar refractivity (Wildman–Crippen MR) is 110 cm³/mol. The summed E-state index contributed by atoms with van der Waals surface area (Å²) >= 11 is 2.50. The van der Waals surface area contributed by atoms with Crippen LogP contribution in [0.15, 0.2) is 14.3 Å². The lowest BCUT2D eigenvalue weighted by atomic mass is 10.4. The molecule has 12 heteroatoms. The number of nitrogens with zero attached hydrogens (tertiary/aromatic N) is 7. The van der Waals surface area contributed by atoms with Gasteiger partial charge >= 0.3 is 0 Å². The number of imidazole rings is 1. The molecule has 1 aliphatic heterocycles. The van der Waals surface area contributed by atoms with Gasteiger partial charge in [0, 0.05) is 33.2 Å². The first kappa shape index (κ1) is 18.7. The van der Waals surface area contributed by atoms with E-state index in [1.54, 1.807) is 14.0 Å². The number of anilines is 2. The lowest BCUT2D eigenvalue weighted by molar-refractivity contribution is 0.573. The minimum atomic E-state index is -0.170. The second-order valence-electron chi connectivity index (χ2n) is 6.10. The zero-order chi connectivity index (χ0) is 19.7. The van der Waals surface area contributed by atoms with Crippen molar-refractivity contribution in [3.8, 4) is 11.8 Å². The van der Waals surface area contributed by atoms with Crippen LogP contribution in [0.3, 0.4) is 0 Å². The molecule has 0 aromatic carbocycles. The summed E-state index contributed by atoms with van der Waals surface area (Å²) in [5.74, 6) is 6.67. The molecule has 0 aliphatic carbocycles. The van der Waals surface area contributed by atoms with Crippen molar-refractivity contribution in [3.63, 3.8) is 0 Å². The van der Waals surface area contributed by atoms with Gasteiger partial charge in [-0.2, -0.15) is 4.98 Å². The number of piperazine rings is 1. The van der Waals surface area contributed by atoms with Gasteiger partial charge in [0.05, 0.1) is 6.54 Å². The van der Waals surface area contributed by atoms with Gasteiger partial charge in [0.1, 0.15) is 0 Å². The van der Waals surface area contributed by atoms with Gasteiger partial charge in [-0.15, -0.1) is 16.1 Å². The normalized spacial score (nSPS) is 14.3. The van der Waals surface area contributed by atoms with Crippen molar-refractivity contribution in [3.05, 3.63) is 10.4 Å². The van der Waals surface area contributed by atoms with Gasteiger partial charge in [0.2, 0.25) is 11.1 Å². The number of fused-ring (bicyclic) bond motifs is 1. The summed E-state index contributed by atoms with van der Waals surface area (Å²) in [7, 11) is 1.69. The lowest BCUT2D eigenvalue weighted by Crippen LogP contribution is -2.44. The third kappa shape index (κ3) is 3.44. The van der Waals surface area contributed by atoms with Crippen molar-refractivity contribution in [2.45, 2.75) is 23.0 Å². The monoisotopic (exact) mass is 417 g/mol. The molecule has 146 valence electrons. The van der Waals surface area contributed by atoms with E-state index < -0.39 is 0 Å². The van der Waals surface area contributed by atoms with Gasteiger partial charge in [0.15, 0.2) is 20.7 Å². The SMILES string of the molecule is CC#CCn1c(N2CCNCC2)nc2nc(Sc3nnc(N)s3)n(C)c(=O)c21. The number of nitrogens with one attached hydrogen (secondary N) is 1. The van der Waals surface area contributed by atoms with Crippen LogP contribution in [0, 0.1) is 11.8 Å². The topological polar surface area (TPSA) is 120 Å². The average Bonchev–Trinajstić information content (AvgIpc) is 3.28. The Balaban J connectivity index is 1.84. The summed E-state index contributed by atoms with van der Waals surface area (Å²) in [6.45, 7) is 5.54. The molecule has 1 fully saturated rings. The summed E-state index contributed by atoms with van der Waals surface area (Å²) < 4.78 is 3.99. The summed E-state index contributed by atoms with van der Waals surface area (Å²) in [5, 5.41) is 12.0. The zero-order valence-corrected chi connectivity index (χ0v) is 17.1. The van der Waals surface area contributed by atoms with Crippen LogP contribution >= 0.6 is 23.1 Å². The van der Waals surface area contributed by atoms with Crippen LogP contribution in [-0.4, -0.2) is 55.5 Å². The van der Waals surface area contributed by atoms with Crippen molar-refractivity contribution in [2.75, 3.05) is 36.8 Å². The van der Waals surface area contributed by atoms with Crippen LogP contribution in [0.4, 0.5) is 11.1 Å². The van der Waals surface area contributed by atoms with Crippen LogP contribution < -0.4 is 21.5 Å². The summed E-state index contributed by atoms with van der Waals surface area (Å²) in [6.07, 6.45) is 0. The Bertz CT molecular complexity index is 1130. The number of nitrogens with two attached hydrogens (primary N) is 1. The summed E-state index contributed by atoms with van der Waals surface area (Å²) in [6, 6.07) is 0. The number of hydrogen-bond donors (Lipinski definition) is 2. The fraction of sp³-hybridized carbons (Fsp3) is 0.438. The van der Waals surface area contributed by atoms with Crippen LogP contribution in [0.25, 0.3) is 11.2 Å². The molecule has 1 saturated heterocycles. The third-order valence-electron chi connectivity index (χ3n) is 4.34. The van der Waals surface area contributed by atoms with E-state index in [0.29, 0.717) is 32.3 Å². The molecular formula is C16H19N9OS2. The minimum Gasteiger partial charge on any atom is -0.374 e. The van der Waals surface area contributed by atoms with Crippen molar-refractivity contribution in [1.29, 1.82) is 0 Å². The first-order chi connectivity index (χ1) is 13.6. The number of rotatable bonds is 4. The van der Waals surface area contributed by atoms with Crippen molar-refractivity contribution in [2.24, 2.45) is 7.05 Å². The molecule has 3 aromatic rings. The smallest absolute Gasteiger partial charge is 0.280 e. The molecule has 0 unspecified atom stereocenters. The highest BCUT2D eigenvalue weighted by molar-refractivity contribution is 8.00. The van der Waals surface area contributed by atoms with Crippen LogP contribution in [-0.2, 0) is 13.6 Å². The maximum atomic E-state index is 13.1. The second-order valence-corrected chi connectivity index (χ2v) is 8.32. The molecule has 0 spiro atoms. The fourth-order valence-corrected chi connectivity index (χ4v) is 4.55. The molecule has 0 bridgehead atoms. The summed E-state index contributed by atoms with van der Waals surface area (Å²) in [4.78, 5) is 24.6. The Morgan fingerprint density at radius 1 is 1.29 bits per heavy atom. The standard InChI is InChI=1S/C16H19N9OS2/c1-3-4-7-25-10-11(19-14(25)24-8-5-18-6-9-24)20-15(23(2)12(10)26)28-16-22-21-13(17)27-16/h18H,5-9H2,1-2H3,(H2,17,21). The molecule has 3 N–H and O–H groups in total. The first-order valence-electron chi connectivity index (χ1n) is 8.68. The van der Waals surface area contributed by atoms with Gasteiger partial charge in [-0.1, -0.05) is 17.3 Å². The highest BCUT2D eigenvalue weighted by Gasteiger charge is 2.23. The largest absolute Gasteiger partial charge is 0.374 e. The molecular weight excluding hydrogens is 398 g/mol. The van der Waals surface area contributed by atoms with Crippen LogP contribution in [0.2, 0.25) is 0 Å². The maximum Gasteiger partial charge on any atom is 0.280 e. The van der Waals surface area contributed by atoms with Gasteiger partial charge in [0.25, 0.3) is 5.56 Å². The van der Waals surface area contributed by atoms with Crippen molar-refractivity contribution in [1.82, 2.24) is 34.6 Å². The van der Waals surface area contributed by atoms with Crippen LogP contribution in [0.1, 0.15) is 6.92 Å². The minimum absolute atomic E-state index is 0.170. The zero-order valence-electron chi connectivity index (χ0n) is 15.5. The first-order valence-corrected chi connectivity index (χ1v) is 10.3. The van der Waals surface area contributed by atoms with E-state index in [0.717, 1.165) is 32.1 Å². The van der Waals surface area contributed by atoms with Crippen molar-refractivity contribution >= 4 is 45.3 Å². The Morgan fingerprint density at radius 2 is 2.07 bits per heavy atom. The van der Waals surface area contributed by atoms with Gasteiger partial charge in [-0.25, -0.2) is 4.98 Å². The summed E-state index contributed by atoms with van der Waals surface area (Å²) in [5.41, 5.74) is 6.35. The van der Waals surface area contributed by atoms with E-state index in [1.165, 1.54) is 27.7 Å². The Labute approximate surface area is 169 Å². The fourth-order valence-electron chi connectivity index (χ4n) is 2.97. The highest BCUT2D eigenvalue weighted by atomic mass is 32.2. The number of hydrogen-bond acceptors (Lipinski definition) is 10. The molecule has 4 rings (SSSR count). The Kier molecular flexibility index (Phi) is 5.21. The van der Waals surface area contributed by atoms with Gasteiger partial charge in [-0.05, 0) is 18.7 Å². The molecule has 3 aromatic heterocycles. The van der Waals surface area contributed by atoms with E-state index in [1.807, 2.05) is 4.57 Å². The predicted octanol–water partition coefficient (Wildman–Crippen LogP) is 0.148. The third-order valence-corrected chi connectivity index (χ3v) is 6.19. The quantitative estimate of drug-likeness (QED) is 0.451. The van der Waals surface area contributed by atoms with E-state index in [4.69, 9.17) is 10.7 Å². The lowest BCUT2D eigenvalue weighted by Gasteiger charge is -2.28. The van der Waals surface area contributed by atoms with E-state index in [-0.39, 0.29) is 5.56 Å². The van der Waals surface area contributed by atoms with Gasteiger partial charge < -0.3 is 16.0 Å². The Morgan fingerprint density at radius 3 is 2.75 bits per heavy atom. The van der Waals surface area contributed by atoms with E-state index in [9.17, 15) is 4.79 Å². The molecule has 0 saturated carbocycles. The highest BCUT2D eigenvalue weighted by Crippen LogP contribution is 2.30. The molecule has 0 amide bonds. The van der Waals surface area contributed by atoms with E-state index in [2.05, 4.69) is 37.2 Å². The Hall–Kier alpha value is -2.62. The maximum absolute atomic E-state index is 13.1. The molecule has 10 nitrogen and oxygen atoms in total.